The van der Waals surface area contributed by atoms with Crippen LogP contribution in [0.4, 0.5) is 0 Å². The second kappa shape index (κ2) is 12.5. The van der Waals surface area contributed by atoms with Gasteiger partial charge in [0.05, 0.1) is 25.1 Å². The van der Waals surface area contributed by atoms with Crippen LogP contribution in [0.25, 0.3) is 16.9 Å². The standard InChI is InChI=1S/C28H26ClN5O3/c1-2-15-37-25-13-11-20(12-14-25)27-22(19-34(33-27)24-9-4-3-5-10-24)17-31-32-26(35)18-30-28(36)21-7-6-8-23(29)16-21/h3-14,16-17,19H,2,15,18H2,1H3,(H,30,36)(H,32,35)/b31-17+. The third-order valence-electron chi connectivity index (χ3n) is 5.25. The van der Waals surface area contributed by atoms with Crippen molar-refractivity contribution in [2.24, 2.45) is 5.10 Å². The zero-order chi connectivity index (χ0) is 26.0. The van der Waals surface area contributed by atoms with Gasteiger partial charge in [0.25, 0.3) is 11.8 Å². The van der Waals surface area contributed by atoms with E-state index in [2.05, 4.69) is 22.8 Å². The SMILES string of the molecule is CCCOc1ccc(-c2nn(-c3ccccc3)cc2/C=N/NC(=O)CNC(=O)c2cccc(Cl)c2)cc1. The number of benzene rings is 3. The number of ether oxygens (including phenoxy) is 1. The third-order valence-corrected chi connectivity index (χ3v) is 5.49. The smallest absolute Gasteiger partial charge is 0.259 e. The van der Waals surface area contributed by atoms with E-state index in [-0.39, 0.29) is 6.54 Å². The van der Waals surface area contributed by atoms with Gasteiger partial charge in [0.1, 0.15) is 11.4 Å². The number of hydrazone groups is 1. The molecule has 9 heteroatoms. The molecule has 1 heterocycles. The highest BCUT2D eigenvalue weighted by Gasteiger charge is 2.12. The summed E-state index contributed by atoms with van der Waals surface area (Å²) in [7, 11) is 0. The Hall–Kier alpha value is -4.43. The zero-order valence-corrected chi connectivity index (χ0v) is 21.0. The van der Waals surface area contributed by atoms with Crippen molar-refractivity contribution >= 4 is 29.6 Å². The van der Waals surface area contributed by atoms with Crippen molar-refractivity contribution in [3.63, 3.8) is 0 Å². The molecule has 2 N–H and O–H groups in total. The first-order chi connectivity index (χ1) is 18.0. The molecular formula is C28H26ClN5O3. The molecule has 0 fully saturated rings. The number of carbonyl (C=O) groups excluding carboxylic acids is 2. The molecule has 8 nitrogen and oxygen atoms in total. The first-order valence-electron chi connectivity index (χ1n) is 11.8. The lowest BCUT2D eigenvalue weighted by Gasteiger charge is -2.05. The summed E-state index contributed by atoms with van der Waals surface area (Å²) in [6.07, 6.45) is 4.29. The van der Waals surface area contributed by atoms with Gasteiger partial charge in [-0.25, -0.2) is 10.1 Å². The van der Waals surface area contributed by atoms with E-state index in [9.17, 15) is 9.59 Å². The zero-order valence-electron chi connectivity index (χ0n) is 20.2. The minimum atomic E-state index is -0.471. The molecule has 0 atom stereocenters. The molecule has 2 amide bonds. The molecule has 0 bridgehead atoms. The average molecular weight is 516 g/mol. The van der Waals surface area contributed by atoms with Gasteiger partial charge in [-0.2, -0.15) is 10.2 Å². The van der Waals surface area contributed by atoms with Crippen LogP contribution in [-0.4, -0.2) is 41.0 Å². The van der Waals surface area contributed by atoms with Gasteiger partial charge in [-0.05, 0) is 61.0 Å². The summed E-state index contributed by atoms with van der Waals surface area (Å²) in [5.74, 6) is -0.0872. The number of amides is 2. The number of aromatic nitrogens is 2. The summed E-state index contributed by atoms with van der Waals surface area (Å²) >= 11 is 5.91. The van der Waals surface area contributed by atoms with Crippen molar-refractivity contribution in [1.29, 1.82) is 0 Å². The Labute approximate surface area is 219 Å². The van der Waals surface area contributed by atoms with Gasteiger partial charge < -0.3 is 10.1 Å². The highest BCUT2D eigenvalue weighted by atomic mass is 35.5. The molecule has 1 aromatic heterocycles. The van der Waals surface area contributed by atoms with E-state index in [1.807, 2.05) is 60.8 Å². The molecule has 3 aromatic carbocycles. The molecule has 0 aliphatic heterocycles. The average Bonchev–Trinajstić information content (AvgIpc) is 3.35. The second-order valence-corrected chi connectivity index (χ2v) is 8.51. The highest BCUT2D eigenvalue weighted by molar-refractivity contribution is 6.31. The maximum atomic E-state index is 12.2. The molecule has 0 spiro atoms. The van der Waals surface area contributed by atoms with E-state index < -0.39 is 11.8 Å². The first-order valence-corrected chi connectivity index (χ1v) is 12.2. The lowest BCUT2D eigenvalue weighted by atomic mass is 10.1. The Morgan fingerprint density at radius 1 is 1.05 bits per heavy atom. The van der Waals surface area contributed by atoms with Crippen molar-refractivity contribution in [1.82, 2.24) is 20.5 Å². The molecule has 37 heavy (non-hydrogen) atoms. The number of carbonyl (C=O) groups is 2. The van der Waals surface area contributed by atoms with Crippen molar-refractivity contribution in [3.8, 4) is 22.7 Å². The van der Waals surface area contributed by atoms with Crippen LogP contribution in [0.1, 0.15) is 29.3 Å². The number of hydrogen-bond donors (Lipinski definition) is 2. The third kappa shape index (κ3) is 7.05. The predicted octanol–water partition coefficient (Wildman–Crippen LogP) is 4.86. The largest absolute Gasteiger partial charge is 0.494 e. The van der Waals surface area contributed by atoms with Crippen LogP contribution >= 0.6 is 11.6 Å². The monoisotopic (exact) mass is 515 g/mol. The van der Waals surface area contributed by atoms with E-state index in [0.29, 0.717) is 28.5 Å². The number of halogens is 1. The molecule has 4 aromatic rings. The molecule has 4 rings (SSSR count). The van der Waals surface area contributed by atoms with Crippen LogP contribution in [0.2, 0.25) is 5.02 Å². The van der Waals surface area contributed by atoms with E-state index in [0.717, 1.165) is 23.4 Å². The minimum Gasteiger partial charge on any atom is -0.494 e. The lowest BCUT2D eigenvalue weighted by Crippen LogP contribution is -2.34. The number of rotatable bonds is 10. The lowest BCUT2D eigenvalue weighted by molar-refractivity contribution is -0.120. The minimum absolute atomic E-state index is 0.238. The summed E-state index contributed by atoms with van der Waals surface area (Å²) in [5.41, 5.74) is 5.97. The predicted molar refractivity (Wildman–Crippen MR) is 144 cm³/mol. The Morgan fingerprint density at radius 3 is 2.57 bits per heavy atom. The molecule has 188 valence electrons. The van der Waals surface area contributed by atoms with Gasteiger partial charge in [-0.15, -0.1) is 0 Å². The summed E-state index contributed by atoms with van der Waals surface area (Å²) < 4.78 is 7.44. The number of hydrogen-bond acceptors (Lipinski definition) is 5. The summed E-state index contributed by atoms with van der Waals surface area (Å²) in [6.45, 7) is 2.47. The highest BCUT2D eigenvalue weighted by Crippen LogP contribution is 2.25. The van der Waals surface area contributed by atoms with Crippen LogP contribution in [0.15, 0.2) is 90.2 Å². The van der Waals surface area contributed by atoms with Crippen molar-refractivity contribution in [2.45, 2.75) is 13.3 Å². The van der Waals surface area contributed by atoms with E-state index in [1.54, 1.807) is 22.9 Å². The van der Waals surface area contributed by atoms with Gasteiger partial charge in [-0.3, -0.25) is 9.59 Å². The Morgan fingerprint density at radius 2 is 1.84 bits per heavy atom. The van der Waals surface area contributed by atoms with Gasteiger partial charge >= 0.3 is 0 Å². The van der Waals surface area contributed by atoms with Gasteiger partial charge in [0.15, 0.2) is 0 Å². The van der Waals surface area contributed by atoms with Crippen molar-refractivity contribution < 1.29 is 14.3 Å². The second-order valence-electron chi connectivity index (χ2n) is 8.07. The van der Waals surface area contributed by atoms with Gasteiger partial charge in [-0.1, -0.05) is 42.8 Å². The molecule has 0 saturated carbocycles. The number of para-hydroxylation sites is 1. The van der Waals surface area contributed by atoms with Crippen LogP contribution in [0.3, 0.4) is 0 Å². The number of nitrogens with zero attached hydrogens (tertiary/aromatic N) is 3. The normalized spacial score (nSPS) is 10.9. The molecule has 0 aliphatic rings. The Bertz CT molecular complexity index is 1380. The fourth-order valence-corrected chi connectivity index (χ4v) is 3.64. The van der Waals surface area contributed by atoms with Crippen LogP contribution < -0.4 is 15.5 Å². The Balaban J connectivity index is 1.46. The van der Waals surface area contributed by atoms with Crippen molar-refractivity contribution in [3.05, 3.63) is 101 Å². The first kappa shape index (κ1) is 25.7. The molecule has 0 saturated heterocycles. The quantitative estimate of drug-likeness (QED) is 0.233. The van der Waals surface area contributed by atoms with Crippen LogP contribution in [0.5, 0.6) is 5.75 Å². The fraction of sp³-hybridized carbons (Fsp3) is 0.143. The summed E-state index contributed by atoms with van der Waals surface area (Å²) in [6, 6.07) is 23.9. The van der Waals surface area contributed by atoms with Gasteiger partial charge in [0.2, 0.25) is 0 Å². The maximum absolute atomic E-state index is 12.2. The van der Waals surface area contributed by atoms with Crippen molar-refractivity contribution in [2.75, 3.05) is 13.2 Å². The van der Waals surface area contributed by atoms with E-state index in [1.165, 1.54) is 12.3 Å². The summed E-state index contributed by atoms with van der Waals surface area (Å²) in [4.78, 5) is 24.5. The topological polar surface area (TPSA) is 97.6 Å². The van der Waals surface area contributed by atoms with E-state index >= 15 is 0 Å². The molecule has 0 unspecified atom stereocenters. The Kier molecular flexibility index (Phi) is 8.67. The van der Waals surface area contributed by atoms with E-state index in [4.69, 9.17) is 21.4 Å². The molecule has 0 radical (unpaired) electrons. The number of nitrogens with one attached hydrogen (secondary N) is 2. The van der Waals surface area contributed by atoms with Crippen LogP contribution in [-0.2, 0) is 4.79 Å². The van der Waals surface area contributed by atoms with Gasteiger partial charge in [0, 0.05) is 27.9 Å². The van der Waals surface area contributed by atoms with Crippen LogP contribution in [0, 0.1) is 0 Å². The fourth-order valence-electron chi connectivity index (χ4n) is 3.45. The maximum Gasteiger partial charge on any atom is 0.259 e. The molecule has 0 aliphatic carbocycles. The summed E-state index contributed by atoms with van der Waals surface area (Å²) in [5, 5.41) is 11.8. The molecular weight excluding hydrogens is 490 g/mol.